The molecule has 2 fully saturated rings. The molecule has 0 bridgehead atoms. The van der Waals surface area contributed by atoms with Gasteiger partial charge in [0.2, 0.25) is 5.95 Å². The van der Waals surface area contributed by atoms with E-state index in [9.17, 15) is 0 Å². The standard InChI is InChI=1S/C17H22N4/c1-13-10-21(15-7-3-2-4-8-15)17(19-13)20-11-14-6-5-9-18-16(14)12-20/h2-4,7-8,10,14,16,18H,5-6,9,11-12H2,1H3/t14-,16+/m0/s1. The molecule has 0 saturated carbocycles. The number of hydrogen-bond donors (Lipinski definition) is 1. The predicted octanol–water partition coefficient (Wildman–Crippen LogP) is 2.37. The number of aromatic nitrogens is 2. The maximum absolute atomic E-state index is 4.79. The minimum Gasteiger partial charge on any atom is -0.340 e. The molecular weight excluding hydrogens is 260 g/mol. The van der Waals surface area contributed by atoms with Crippen LogP contribution in [0.25, 0.3) is 5.69 Å². The second-order valence-electron chi connectivity index (χ2n) is 6.26. The SMILES string of the molecule is Cc1cn(-c2ccccc2)c(N2C[C@@H]3CCCN[C@@H]3C2)n1. The number of para-hydroxylation sites is 1. The summed E-state index contributed by atoms with van der Waals surface area (Å²) in [5.41, 5.74) is 2.27. The maximum Gasteiger partial charge on any atom is 0.210 e. The van der Waals surface area contributed by atoms with Crippen molar-refractivity contribution in [3.05, 3.63) is 42.2 Å². The molecule has 0 spiro atoms. The number of nitrogens with one attached hydrogen (secondary N) is 1. The quantitative estimate of drug-likeness (QED) is 0.918. The average molecular weight is 282 g/mol. The van der Waals surface area contributed by atoms with E-state index < -0.39 is 0 Å². The highest BCUT2D eigenvalue weighted by Gasteiger charge is 2.35. The average Bonchev–Trinajstić information content (AvgIpc) is 3.11. The molecule has 3 heterocycles. The number of aryl methyl sites for hydroxylation is 1. The highest BCUT2D eigenvalue weighted by atomic mass is 15.3. The van der Waals surface area contributed by atoms with Crippen molar-refractivity contribution in [1.29, 1.82) is 0 Å². The van der Waals surface area contributed by atoms with Crippen LogP contribution in [0.3, 0.4) is 0 Å². The van der Waals surface area contributed by atoms with Crippen LogP contribution in [0.15, 0.2) is 36.5 Å². The van der Waals surface area contributed by atoms with Crippen molar-refractivity contribution >= 4 is 5.95 Å². The van der Waals surface area contributed by atoms with Crippen LogP contribution in [0.4, 0.5) is 5.95 Å². The first-order valence-corrected chi connectivity index (χ1v) is 7.91. The van der Waals surface area contributed by atoms with Gasteiger partial charge in [-0.3, -0.25) is 4.57 Å². The number of hydrogen-bond acceptors (Lipinski definition) is 3. The van der Waals surface area contributed by atoms with Gasteiger partial charge in [-0.1, -0.05) is 18.2 Å². The molecule has 2 atom stereocenters. The van der Waals surface area contributed by atoms with Gasteiger partial charge in [0.05, 0.1) is 5.69 Å². The van der Waals surface area contributed by atoms with Crippen LogP contribution in [-0.4, -0.2) is 35.2 Å². The van der Waals surface area contributed by atoms with E-state index in [1.165, 1.54) is 25.1 Å². The molecular formula is C17H22N4. The van der Waals surface area contributed by atoms with Crippen LogP contribution >= 0.6 is 0 Å². The van der Waals surface area contributed by atoms with E-state index in [1.807, 2.05) is 0 Å². The second-order valence-corrected chi connectivity index (χ2v) is 6.26. The van der Waals surface area contributed by atoms with Gasteiger partial charge >= 0.3 is 0 Å². The van der Waals surface area contributed by atoms with Gasteiger partial charge in [0, 0.05) is 31.0 Å². The molecule has 110 valence electrons. The van der Waals surface area contributed by atoms with E-state index in [-0.39, 0.29) is 0 Å². The smallest absolute Gasteiger partial charge is 0.210 e. The van der Waals surface area contributed by atoms with Crippen molar-refractivity contribution in [1.82, 2.24) is 14.9 Å². The molecule has 0 unspecified atom stereocenters. The lowest BCUT2D eigenvalue weighted by molar-refractivity contribution is 0.340. The topological polar surface area (TPSA) is 33.1 Å². The molecule has 1 aromatic heterocycles. The number of benzene rings is 1. The maximum atomic E-state index is 4.79. The van der Waals surface area contributed by atoms with Crippen LogP contribution in [0, 0.1) is 12.8 Å². The van der Waals surface area contributed by atoms with Gasteiger partial charge in [0.1, 0.15) is 0 Å². The Balaban J connectivity index is 1.67. The summed E-state index contributed by atoms with van der Waals surface area (Å²) in [4.78, 5) is 7.24. The Morgan fingerprint density at radius 2 is 2.05 bits per heavy atom. The second kappa shape index (κ2) is 5.19. The van der Waals surface area contributed by atoms with Crippen molar-refractivity contribution in [3.63, 3.8) is 0 Å². The molecule has 2 aromatic rings. The number of fused-ring (bicyclic) bond motifs is 1. The minimum atomic E-state index is 0.639. The lowest BCUT2D eigenvalue weighted by atomic mass is 9.94. The molecule has 1 aromatic carbocycles. The number of anilines is 1. The Morgan fingerprint density at radius 3 is 2.86 bits per heavy atom. The Kier molecular flexibility index (Phi) is 3.19. The fourth-order valence-corrected chi connectivity index (χ4v) is 3.70. The van der Waals surface area contributed by atoms with E-state index in [2.05, 4.69) is 58.2 Å². The minimum absolute atomic E-state index is 0.639. The molecule has 4 rings (SSSR count). The first-order valence-electron chi connectivity index (χ1n) is 7.91. The molecule has 2 saturated heterocycles. The Bertz CT molecular complexity index is 605. The summed E-state index contributed by atoms with van der Waals surface area (Å²) in [6.07, 6.45) is 4.79. The summed E-state index contributed by atoms with van der Waals surface area (Å²) in [5, 5.41) is 3.67. The Morgan fingerprint density at radius 1 is 1.19 bits per heavy atom. The van der Waals surface area contributed by atoms with Gasteiger partial charge < -0.3 is 10.2 Å². The molecule has 1 N–H and O–H groups in total. The summed E-state index contributed by atoms with van der Waals surface area (Å²) in [6, 6.07) is 11.2. The van der Waals surface area contributed by atoms with Crippen molar-refractivity contribution < 1.29 is 0 Å². The molecule has 0 aliphatic carbocycles. The van der Waals surface area contributed by atoms with Gasteiger partial charge in [-0.25, -0.2) is 4.98 Å². The van der Waals surface area contributed by atoms with Gasteiger partial charge in [0.15, 0.2) is 0 Å². The number of piperidine rings is 1. The Labute approximate surface area is 125 Å². The van der Waals surface area contributed by atoms with Crippen LogP contribution < -0.4 is 10.2 Å². The van der Waals surface area contributed by atoms with Crippen molar-refractivity contribution in [3.8, 4) is 5.69 Å². The van der Waals surface area contributed by atoms with Crippen LogP contribution in [0.2, 0.25) is 0 Å². The van der Waals surface area contributed by atoms with E-state index >= 15 is 0 Å². The molecule has 4 nitrogen and oxygen atoms in total. The largest absolute Gasteiger partial charge is 0.340 e. The van der Waals surface area contributed by atoms with E-state index in [0.717, 1.165) is 30.6 Å². The highest BCUT2D eigenvalue weighted by Crippen LogP contribution is 2.30. The normalized spacial score (nSPS) is 25.1. The highest BCUT2D eigenvalue weighted by molar-refractivity contribution is 5.46. The van der Waals surface area contributed by atoms with Crippen molar-refractivity contribution in [2.45, 2.75) is 25.8 Å². The molecule has 2 aliphatic rings. The summed E-state index contributed by atoms with van der Waals surface area (Å²) in [5.74, 6) is 1.87. The third-order valence-corrected chi connectivity index (χ3v) is 4.72. The third-order valence-electron chi connectivity index (χ3n) is 4.72. The lowest BCUT2D eigenvalue weighted by Gasteiger charge is -2.24. The first-order chi connectivity index (χ1) is 10.3. The molecule has 2 aliphatic heterocycles. The number of rotatable bonds is 2. The molecule has 4 heteroatoms. The summed E-state index contributed by atoms with van der Waals surface area (Å²) >= 11 is 0. The fraction of sp³-hybridized carbons (Fsp3) is 0.471. The van der Waals surface area contributed by atoms with Crippen LogP contribution in [0.1, 0.15) is 18.5 Å². The monoisotopic (exact) mass is 282 g/mol. The van der Waals surface area contributed by atoms with E-state index in [0.29, 0.717) is 6.04 Å². The number of nitrogens with zero attached hydrogens (tertiary/aromatic N) is 3. The summed E-state index contributed by atoms with van der Waals surface area (Å²) < 4.78 is 2.23. The third kappa shape index (κ3) is 2.33. The summed E-state index contributed by atoms with van der Waals surface area (Å²) in [7, 11) is 0. The van der Waals surface area contributed by atoms with Gasteiger partial charge in [-0.15, -0.1) is 0 Å². The van der Waals surface area contributed by atoms with Gasteiger partial charge in [-0.05, 0) is 44.4 Å². The Hall–Kier alpha value is -1.81. The van der Waals surface area contributed by atoms with E-state index in [4.69, 9.17) is 4.98 Å². The van der Waals surface area contributed by atoms with Crippen molar-refractivity contribution in [2.24, 2.45) is 5.92 Å². The number of imidazole rings is 1. The molecule has 0 amide bonds. The van der Waals surface area contributed by atoms with Gasteiger partial charge in [-0.2, -0.15) is 0 Å². The zero-order valence-corrected chi connectivity index (χ0v) is 12.5. The molecule has 21 heavy (non-hydrogen) atoms. The van der Waals surface area contributed by atoms with Crippen LogP contribution in [-0.2, 0) is 0 Å². The van der Waals surface area contributed by atoms with Crippen LogP contribution in [0.5, 0.6) is 0 Å². The first kappa shape index (κ1) is 12.9. The summed E-state index contributed by atoms with van der Waals surface area (Å²) in [6.45, 7) is 5.44. The van der Waals surface area contributed by atoms with Gasteiger partial charge in [0.25, 0.3) is 0 Å². The zero-order valence-electron chi connectivity index (χ0n) is 12.5. The molecule has 0 radical (unpaired) electrons. The van der Waals surface area contributed by atoms with Crippen molar-refractivity contribution in [2.75, 3.05) is 24.5 Å². The zero-order chi connectivity index (χ0) is 14.2. The lowest BCUT2D eigenvalue weighted by Crippen LogP contribution is -2.40. The predicted molar refractivity (Wildman–Crippen MR) is 85.0 cm³/mol. The van der Waals surface area contributed by atoms with E-state index in [1.54, 1.807) is 0 Å². The fourth-order valence-electron chi connectivity index (χ4n) is 3.70.